The van der Waals surface area contributed by atoms with Crippen LogP contribution in [0.2, 0.25) is 0 Å². The standard InChI is InChI=1S/C16H18N2O2S2/c1-17(11-12-5-3-9-21-12)15(19)13-6-2-8-18(13)16(20)14-7-4-10-22-14/h3-5,7,9-10,13H,2,6,8,11H2,1H3. The van der Waals surface area contributed by atoms with Crippen LogP contribution in [0.4, 0.5) is 0 Å². The Balaban J connectivity index is 1.69. The van der Waals surface area contributed by atoms with Gasteiger partial charge in [0.25, 0.3) is 5.91 Å². The van der Waals surface area contributed by atoms with Crippen molar-refractivity contribution in [2.45, 2.75) is 25.4 Å². The molecule has 1 aliphatic heterocycles. The average Bonchev–Trinajstić information content (AvgIpc) is 3.26. The van der Waals surface area contributed by atoms with Crippen LogP contribution in [0.3, 0.4) is 0 Å². The summed E-state index contributed by atoms with van der Waals surface area (Å²) >= 11 is 3.07. The highest BCUT2D eigenvalue weighted by Crippen LogP contribution is 2.24. The van der Waals surface area contributed by atoms with Crippen molar-refractivity contribution in [2.75, 3.05) is 13.6 Å². The van der Waals surface area contributed by atoms with E-state index >= 15 is 0 Å². The van der Waals surface area contributed by atoms with E-state index in [0.29, 0.717) is 18.0 Å². The van der Waals surface area contributed by atoms with Gasteiger partial charge < -0.3 is 9.80 Å². The number of likely N-dealkylation sites (N-methyl/N-ethyl adjacent to an activating group) is 1. The summed E-state index contributed by atoms with van der Waals surface area (Å²) in [6.45, 7) is 1.27. The molecule has 2 amide bonds. The van der Waals surface area contributed by atoms with Crippen LogP contribution in [0.5, 0.6) is 0 Å². The third kappa shape index (κ3) is 3.08. The summed E-state index contributed by atoms with van der Waals surface area (Å²) in [4.78, 5) is 30.6. The Morgan fingerprint density at radius 1 is 1.27 bits per heavy atom. The number of amides is 2. The first-order valence-electron chi connectivity index (χ1n) is 7.28. The van der Waals surface area contributed by atoms with Crippen molar-refractivity contribution in [3.8, 4) is 0 Å². The molecule has 0 bridgehead atoms. The number of likely N-dealkylation sites (tertiary alicyclic amines) is 1. The fourth-order valence-corrected chi connectivity index (χ4v) is 4.21. The normalized spacial score (nSPS) is 17.7. The zero-order chi connectivity index (χ0) is 15.5. The first kappa shape index (κ1) is 15.2. The lowest BCUT2D eigenvalue weighted by molar-refractivity contribution is -0.134. The van der Waals surface area contributed by atoms with Gasteiger partial charge in [-0.25, -0.2) is 0 Å². The van der Waals surface area contributed by atoms with Crippen molar-refractivity contribution in [3.05, 3.63) is 44.8 Å². The molecular formula is C16H18N2O2S2. The first-order valence-corrected chi connectivity index (χ1v) is 9.04. The summed E-state index contributed by atoms with van der Waals surface area (Å²) in [5.41, 5.74) is 0. The van der Waals surface area contributed by atoms with Crippen LogP contribution in [0.15, 0.2) is 35.0 Å². The van der Waals surface area contributed by atoms with Gasteiger partial charge in [0.1, 0.15) is 6.04 Å². The van der Waals surface area contributed by atoms with Gasteiger partial charge in [-0.1, -0.05) is 12.1 Å². The van der Waals surface area contributed by atoms with Crippen molar-refractivity contribution in [2.24, 2.45) is 0 Å². The molecule has 22 heavy (non-hydrogen) atoms. The van der Waals surface area contributed by atoms with E-state index in [-0.39, 0.29) is 17.9 Å². The maximum Gasteiger partial charge on any atom is 0.264 e. The molecule has 3 heterocycles. The Labute approximate surface area is 138 Å². The van der Waals surface area contributed by atoms with Crippen molar-refractivity contribution in [3.63, 3.8) is 0 Å². The van der Waals surface area contributed by atoms with Crippen LogP contribution in [0.25, 0.3) is 0 Å². The second-order valence-corrected chi connectivity index (χ2v) is 7.39. The minimum Gasteiger partial charge on any atom is -0.339 e. The molecule has 1 saturated heterocycles. The molecule has 1 unspecified atom stereocenters. The minimum atomic E-state index is -0.320. The monoisotopic (exact) mass is 334 g/mol. The van der Waals surface area contributed by atoms with Crippen LogP contribution in [0.1, 0.15) is 27.4 Å². The molecule has 2 aromatic rings. The molecule has 0 aliphatic carbocycles. The SMILES string of the molecule is CN(Cc1cccs1)C(=O)C1CCCN1C(=O)c1cccs1. The van der Waals surface area contributed by atoms with Crippen LogP contribution >= 0.6 is 22.7 Å². The summed E-state index contributed by atoms with van der Waals surface area (Å²) in [5, 5.41) is 3.90. The van der Waals surface area contributed by atoms with E-state index in [2.05, 4.69) is 0 Å². The maximum absolute atomic E-state index is 12.7. The molecule has 1 aliphatic rings. The second kappa shape index (κ2) is 6.62. The van der Waals surface area contributed by atoms with E-state index in [9.17, 15) is 9.59 Å². The predicted octanol–water partition coefficient (Wildman–Crippen LogP) is 3.07. The number of hydrogen-bond donors (Lipinski definition) is 0. The Bertz CT molecular complexity index is 637. The summed E-state index contributed by atoms with van der Waals surface area (Å²) < 4.78 is 0. The molecule has 4 nitrogen and oxygen atoms in total. The van der Waals surface area contributed by atoms with Gasteiger partial charge >= 0.3 is 0 Å². The highest BCUT2D eigenvalue weighted by molar-refractivity contribution is 7.12. The fourth-order valence-electron chi connectivity index (χ4n) is 2.78. The molecule has 6 heteroatoms. The van der Waals surface area contributed by atoms with E-state index in [1.807, 2.05) is 42.1 Å². The Hall–Kier alpha value is -1.66. The number of thiophene rings is 2. The van der Waals surface area contributed by atoms with E-state index in [4.69, 9.17) is 0 Å². The molecule has 1 atom stereocenters. The van der Waals surface area contributed by atoms with E-state index in [0.717, 1.165) is 17.7 Å². The largest absolute Gasteiger partial charge is 0.339 e. The minimum absolute atomic E-state index is 0.0182. The van der Waals surface area contributed by atoms with Crippen molar-refractivity contribution >= 4 is 34.5 Å². The van der Waals surface area contributed by atoms with Crippen molar-refractivity contribution < 1.29 is 9.59 Å². The van der Waals surface area contributed by atoms with Crippen LogP contribution < -0.4 is 0 Å². The quantitative estimate of drug-likeness (QED) is 0.862. The molecular weight excluding hydrogens is 316 g/mol. The van der Waals surface area contributed by atoms with Crippen LogP contribution in [0, 0.1) is 0 Å². The summed E-state index contributed by atoms with van der Waals surface area (Å²) in [6, 6.07) is 7.38. The van der Waals surface area contributed by atoms with Gasteiger partial charge in [-0.2, -0.15) is 0 Å². The Kier molecular flexibility index (Phi) is 4.59. The third-order valence-electron chi connectivity index (χ3n) is 3.88. The molecule has 0 N–H and O–H groups in total. The zero-order valence-electron chi connectivity index (χ0n) is 12.4. The van der Waals surface area contributed by atoms with Crippen LogP contribution in [-0.4, -0.2) is 41.2 Å². The van der Waals surface area contributed by atoms with Gasteiger partial charge in [0, 0.05) is 18.5 Å². The molecule has 2 aromatic heterocycles. The number of nitrogens with zero attached hydrogens (tertiary/aromatic N) is 2. The number of carbonyl (C=O) groups is 2. The molecule has 0 spiro atoms. The lowest BCUT2D eigenvalue weighted by Crippen LogP contribution is -2.46. The van der Waals surface area contributed by atoms with Gasteiger partial charge in [-0.05, 0) is 35.7 Å². The van der Waals surface area contributed by atoms with Gasteiger partial charge in [-0.3, -0.25) is 9.59 Å². The first-order chi connectivity index (χ1) is 10.7. The van der Waals surface area contributed by atoms with Crippen molar-refractivity contribution in [1.29, 1.82) is 0 Å². The highest BCUT2D eigenvalue weighted by Gasteiger charge is 2.36. The smallest absolute Gasteiger partial charge is 0.264 e. The van der Waals surface area contributed by atoms with Gasteiger partial charge in [0.05, 0.1) is 11.4 Å². The average molecular weight is 334 g/mol. The Morgan fingerprint density at radius 3 is 2.73 bits per heavy atom. The molecule has 116 valence electrons. The Morgan fingerprint density at radius 2 is 2.05 bits per heavy atom. The number of rotatable bonds is 4. The second-order valence-electron chi connectivity index (χ2n) is 5.41. The van der Waals surface area contributed by atoms with E-state index in [1.165, 1.54) is 11.3 Å². The molecule has 3 rings (SSSR count). The van der Waals surface area contributed by atoms with Gasteiger partial charge in [0.2, 0.25) is 5.91 Å². The van der Waals surface area contributed by atoms with Crippen LogP contribution in [-0.2, 0) is 11.3 Å². The lowest BCUT2D eigenvalue weighted by atomic mass is 10.2. The topological polar surface area (TPSA) is 40.6 Å². The van der Waals surface area contributed by atoms with Crippen molar-refractivity contribution in [1.82, 2.24) is 9.80 Å². The highest BCUT2D eigenvalue weighted by atomic mass is 32.1. The zero-order valence-corrected chi connectivity index (χ0v) is 14.0. The lowest BCUT2D eigenvalue weighted by Gasteiger charge is -2.27. The number of hydrogen-bond acceptors (Lipinski definition) is 4. The summed E-state index contributed by atoms with van der Waals surface area (Å²) in [7, 11) is 1.81. The predicted molar refractivity (Wildman–Crippen MR) is 89.2 cm³/mol. The molecule has 0 radical (unpaired) electrons. The molecule has 0 aromatic carbocycles. The molecule has 1 fully saturated rings. The fraction of sp³-hybridized carbons (Fsp3) is 0.375. The maximum atomic E-state index is 12.7. The summed E-state index contributed by atoms with van der Waals surface area (Å²) in [6.07, 6.45) is 1.64. The van der Waals surface area contributed by atoms with E-state index in [1.54, 1.807) is 21.1 Å². The number of carbonyl (C=O) groups excluding carboxylic acids is 2. The van der Waals surface area contributed by atoms with Gasteiger partial charge in [0.15, 0.2) is 0 Å². The van der Waals surface area contributed by atoms with E-state index < -0.39 is 0 Å². The third-order valence-corrected chi connectivity index (χ3v) is 5.60. The molecule has 0 saturated carbocycles. The van der Waals surface area contributed by atoms with Gasteiger partial charge in [-0.15, -0.1) is 22.7 Å². The summed E-state index contributed by atoms with van der Waals surface area (Å²) in [5.74, 6) is 0.0196.